The molecule has 0 amide bonds. The lowest BCUT2D eigenvalue weighted by molar-refractivity contribution is 0.589. The number of aryl methyl sites for hydroxylation is 1. The summed E-state index contributed by atoms with van der Waals surface area (Å²) < 4.78 is 30.5. The average Bonchev–Trinajstić information content (AvgIpc) is 3.45. The summed E-state index contributed by atoms with van der Waals surface area (Å²) in [6.07, 6.45) is 3.62. The van der Waals surface area contributed by atoms with Gasteiger partial charge < -0.3 is 5.32 Å². The second-order valence-corrected chi connectivity index (χ2v) is 10.2. The summed E-state index contributed by atoms with van der Waals surface area (Å²) in [5.74, 6) is 0.768. The van der Waals surface area contributed by atoms with Crippen LogP contribution < -0.4 is 5.32 Å². The smallest absolute Gasteiger partial charge is 0.268 e. The van der Waals surface area contributed by atoms with E-state index < -0.39 is 10.0 Å². The van der Waals surface area contributed by atoms with Crippen molar-refractivity contribution in [3.05, 3.63) is 115 Å². The van der Waals surface area contributed by atoms with E-state index >= 15 is 0 Å². The van der Waals surface area contributed by atoms with Crippen LogP contribution in [0.2, 0.25) is 0 Å². The minimum absolute atomic E-state index is 0.236. The standard InChI is InChI=1S/C28H22N4O2S/c1-20-14-16-21(17-15-20)29-28-27(30-26-13-7-8-18-31(26)28)24-19-32(25-12-6-5-11-23(24)25)35(33,34)22-9-3-2-4-10-22/h2-19,29H,1H3. The molecule has 0 saturated heterocycles. The van der Waals surface area contributed by atoms with E-state index in [1.165, 1.54) is 9.54 Å². The topological polar surface area (TPSA) is 68.4 Å². The normalized spacial score (nSPS) is 11.8. The molecule has 172 valence electrons. The molecule has 0 atom stereocenters. The molecule has 0 unspecified atom stereocenters. The Kier molecular flexibility index (Phi) is 4.93. The van der Waals surface area contributed by atoms with Crippen molar-refractivity contribution in [1.82, 2.24) is 13.4 Å². The fourth-order valence-corrected chi connectivity index (χ4v) is 5.71. The van der Waals surface area contributed by atoms with Crippen LogP contribution in [0.1, 0.15) is 5.56 Å². The maximum atomic E-state index is 13.6. The van der Waals surface area contributed by atoms with Crippen molar-refractivity contribution in [2.75, 3.05) is 5.32 Å². The zero-order chi connectivity index (χ0) is 24.0. The Balaban J connectivity index is 1.60. The van der Waals surface area contributed by atoms with Gasteiger partial charge in [0.25, 0.3) is 10.0 Å². The number of pyridine rings is 1. The number of nitrogens with zero attached hydrogens (tertiary/aromatic N) is 3. The number of benzene rings is 3. The van der Waals surface area contributed by atoms with Crippen LogP contribution >= 0.6 is 0 Å². The first-order valence-corrected chi connectivity index (χ1v) is 12.7. The predicted octanol–water partition coefficient (Wildman–Crippen LogP) is 6.25. The summed E-state index contributed by atoms with van der Waals surface area (Å²) in [4.78, 5) is 5.14. The molecule has 0 saturated carbocycles. The summed E-state index contributed by atoms with van der Waals surface area (Å²) in [6.45, 7) is 2.05. The van der Waals surface area contributed by atoms with Crippen molar-refractivity contribution in [2.24, 2.45) is 0 Å². The molecule has 0 spiro atoms. The van der Waals surface area contributed by atoms with Gasteiger partial charge in [-0.15, -0.1) is 0 Å². The number of para-hydroxylation sites is 1. The third-order valence-corrected chi connectivity index (χ3v) is 7.77. The summed E-state index contributed by atoms with van der Waals surface area (Å²) >= 11 is 0. The van der Waals surface area contributed by atoms with Crippen LogP contribution in [0.5, 0.6) is 0 Å². The highest BCUT2D eigenvalue weighted by Crippen LogP contribution is 2.38. The summed E-state index contributed by atoms with van der Waals surface area (Å²) in [6, 6.07) is 29.9. The highest BCUT2D eigenvalue weighted by molar-refractivity contribution is 7.90. The summed E-state index contributed by atoms with van der Waals surface area (Å²) in [7, 11) is -3.80. The highest BCUT2D eigenvalue weighted by atomic mass is 32.2. The van der Waals surface area contributed by atoms with Crippen LogP contribution in [0.4, 0.5) is 11.5 Å². The molecule has 0 aliphatic heterocycles. The molecule has 0 aliphatic rings. The van der Waals surface area contributed by atoms with Crippen molar-refractivity contribution >= 4 is 38.1 Å². The van der Waals surface area contributed by atoms with Crippen LogP contribution in [-0.2, 0) is 10.0 Å². The van der Waals surface area contributed by atoms with Gasteiger partial charge in [0.2, 0.25) is 0 Å². The lowest BCUT2D eigenvalue weighted by Gasteiger charge is -2.09. The van der Waals surface area contributed by atoms with E-state index in [1.54, 1.807) is 36.5 Å². The van der Waals surface area contributed by atoms with Crippen LogP contribution in [0.15, 0.2) is 114 Å². The number of anilines is 2. The van der Waals surface area contributed by atoms with Crippen LogP contribution in [0, 0.1) is 6.92 Å². The third kappa shape index (κ3) is 3.57. The van der Waals surface area contributed by atoms with Crippen molar-refractivity contribution in [1.29, 1.82) is 0 Å². The molecule has 0 radical (unpaired) electrons. The van der Waals surface area contributed by atoms with E-state index in [-0.39, 0.29) is 4.90 Å². The van der Waals surface area contributed by atoms with E-state index in [1.807, 2.05) is 84.3 Å². The van der Waals surface area contributed by atoms with Gasteiger partial charge in [0.05, 0.1) is 10.4 Å². The molecule has 6 rings (SSSR count). The zero-order valence-electron chi connectivity index (χ0n) is 19.0. The number of rotatable bonds is 5. The van der Waals surface area contributed by atoms with Crippen molar-refractivity contribution in [3.63, 3.8) is 0 Å². The molecule has 7 heteroatoms. The maximum Gasteiger partial charge on any atom is 0.268 e. The average molecular weight is 479 g/mol. The number of fused-ring (bicyclic) bond motifs is 2. The molecule has 3 aromatic heterocycles. The molecule has 6 nitrogen and oxygen atoms in total. The predicted molar refractivity (Wildman–Crippen MR) is 140 cm³/mol. The Morgan fingerprint density at radius 3 is 2.31 bits per heavy atom. The Bertz CT molecular complexity index is 1780. The molecule has 0 aliphatic carbocycles. The molecule has 0 bridgehead atoms. The van der Waals surface area contributed by atoms with Gasteiger partial charge in [0.1, 0.15) is 17.2 Å². The largest absolute Gasteiger partial charge is 0.339 e. The quantitative estimate of drug-likeness (QED) is 0.318. The molecule has 3 heterocycles. The van der Waals surface area contributed by atoms with Gasteiger partial charge in [-0.2, -0.15) is 0 Å². The van der Waals surface area contributed by atoms with Gasteiger partial charge >= 0.3 is 0 Å². The molecule has 0 fully saturated rings. The molecule has 1 N–H and O–H groups in total. The fraction of sp³-hybridized carbons (Fsp3) is 0.0357. The first kappa shape index (κ1) is 21.2. The Morgan fingerprint density at radius 2 is 1.51 bits per heavy atom. The lowest BCUT2D eigenvalue weighted by Crippen LogP contribution is -2.11. The Labute approximate surface area is 203 Å². The highest BCUT2D eigenvalue weighted by Gasteiger charge is 2.24. The first-order chi connectivity index (χ1) is 17.0. The molecule has 35 heavy (non-hydrogen) atoms. The van der Waals surface area contributed by atoms with E-state index in [0.29, 0.717) is 11.2 Å². The zero-order valence-corrected chi connectivity index (χ0v) is 19.8. The Hall–Kier alpha value is -4.36. The SMILES string of the molecule is Cc1ccc(Nc2c(-c3cn(S(=O)(=O)c4ccccc4)c4ccccc34)nc3ccccn23)cc1. The van der Waals surface area contributed by atoms with Crippen molar-refractivity contribution in [2.45, 2.75) is 11.8 Å². The second kappa shape index (κ2) is 8.14. The third-order valence-electron chi connectivity index (χ3n) is 6.08. The minimum atomic E-state index is -3.80. The number of nitrogens with one attached hydrogen (secondary N) is 1. The minimum Gasteiger partial charge on any atom is -0.339 e. The molecular formula is C28H22N4O2S. The Morgan fingerprint density at radius 1 is 0.800 bits per heavy atom. The van der Waals surface area contributed by atoms with Gasteiger partial charge in [0.15, 0.2) is 0 Å². The van der Waals surface area contributed by atoms with Crippen molar-refractivity contribution in [3.8, 4) is 11.3 Å². The number of aromatic nitrogens is 3. The van der Waals surface area contributed by atoms with Gasteiger partial charge in [-0.05, 0) is 49.4 Å². The number of hydrogen-bond donors (Lipinski definition) is 1. The van der Waals surface area contributed by atoms with Gasteiger partial charge in [0, 0.05) is 29.0 Å². The molecule has 6 aromatic rings. The lowest BCUT2D eigenvalue weighted by atomic mass is 10.1. The monoisotopic (exact) mass is 478 g/mol. The van der Waals surface area contributed by atoms with Gasteiger partial charge in [-0.1, -0.05) is 60.2 Å². The summed E-state index contributed by atoms with van der Waals surface area (Å²) in [5, 5.41) is 4.32. The van der Waals surface area contributed by atoms with Crippen LogP contribution in [-0.4, -0.2) is 21.8 Å². The second-order valence-electron chi connectivity index (χ2n) is 8.40. The first-order valence-electron chi connectivity index (χ1n) is 11.2. The van der Waals surface area contributed by atoms with E-state index in [0.717, 1.165) is 28.1 Å². The number of imidazole rings is 1. The van der Waals surface area contributed by atoms with E-state index in [2.05, 4.69) is 5.32 Å². The van der Waals surface area contributed by atoms with Gasteiger partial charge in [-0.3, -0.25) is 4.40 Å². The maximum absolute atomic E-state index is 13.6. The van der Waals surface area contributed by atoms with E-state index in [9.17, 15) is 8.42 Å². The summed E-state index contributed by atoms with van der Waals surface area (Å²) in [5.41, 5.74) is 4.87. The van der Waals surface area contributed by atoms with Gasteiger partial charge in [-0.25, -0.2) is 17.4 Å². The van der Waals surface area contributed by atoms with Crippen molar-refractivity contribution < 1.29 is 8.42 Å². The van der Waals surface area contributed by atoms with Crippen LogP contribution in [0.25, 0.3) is 27.8 Å². The molecular weight excluding hydrogens is 456 g/mol. The van der Waals surface area contributed by atoms with Crippen LogP contribution in [0.3, 0.4) is 0 Å². The molecule has 3 aromatic carbocycles. The van der Waals surface area contributed by atoms with E-state index in [4.69, 9.17) is 4.98 Å². The number of hydrogen-bond acceptors (Lipinski definition) is 4. The fourth-order valence-electron chi connectivity index (χ4n) is 4.32.